The van der Waals surface area contributed by atoms with Crippen molar-refractivity contribution in [1.29, 1.82) is 0 Å². The van der Waals surface area contributed by atoms with Crippen molar-refractivity contribution < 1.29 is 28.5 Å². The van der Waals surface area contributed by atoms with Crippen molar-refractivity contribution in [3.63, 3.8) is 0 Å². The van der Waals surface area contributed by atoms with E-state index in [0.717, 1.165) is 11.1 Å². The van der Waals surface area contributed by atoms with Crippen LogP contribution < -0.4 is 19.5 Å². The van der Waals surface area contributed by atoms with E-state index in [9.17, 15) is 9.59 Å². The van der Waals surface area contributed by atoms with Gasteiger partial charge in [-0.15, -0.1) is 0 Å². The highest BCUT2D eigenvalue weighted by atomic mass is 16.5. The van der Waals surface area contributed by atoms with Crippen molar-refractivity contribution in [2.45, 2.75) is 13.8 Å². The van der Waals surface area contributed by atoms with Crippen LogP contribution in [0.1, 0.15) is 18.1 Å². The summed E-state index contributed by atoms with van der Waals surface area (Å²) in [6, 6.07) is 10.7. The van der Waals surface area contributed by atoms with E-state index in [4.69, 9.17) is 18.9 Å². The Labute approximate surface area is 170 Å². The third-order valence-corrected chi connectivity index (χ3v) is 3.87. The number of anilines is 1. The number of aryl methyl sites for hydroxylation is 1. The Morgan fingerprint density at radius 2 is 1.72 bits per heavy atom. The molecule has 154 valence electrons. The van der Waals surface area contributed by atoms with Gasteiger partial charge in [-0.2, -0.15) is 0 Å². The van der Waals surface area contributed by atoms with Crippen molar-refractivity contribution in [3.8, 4) is 17.2 Å². The minimum atomic E-state index is -0.634. The van der Waals surface area contributed by atoms with E-state index in [2.05, 4.69) is 5.32 Å². The molecule has 0 saturated heterocycles. The lowest BCUT2D eigenvalue weighted by Crippen LogP contribution is -2.20. The van der Waals surface area contributed by atoms with Crippen LogP contribution in [-0.2, 0) is 14.3 Å². The quantitative estimate of drug-likeness (QED) is 0.512. The SMILES string of the molecule is CCOc1cc(/C=C/C(=O)OCC(=O)Nc2cc(C)ccc2OC)ccc1OC. The lowest BCUT2D eigenvalue weighted by atomic mass is 10.2. The summed E-state index contributed by atoms with van der Waals surface area (Å²) in [5.41, 5.74) is 2.22. The summed E-state index contributed by atoms with van der Waals surface area (Å²) in [6.45, 7) is 3.85. The third kappa shape index (κ3) is 6.57. The lowest BCUT2D eigenvalue weighted by Gasteiger charge is -2.11. The standard InChI is InChI=1S/C22H25NO6/c1-5-28-20-13-16(7-10-19(20)27-4)8-11-22(25)29-14-21(24)23-17-12-15(2)6-9-18(17)26-3/h6-13H,5,14H2,1-4H3,(H,23,24)/b11-8+. The van der Waals surface area contributed by atoms with Crippen LogP contribution in [0.3, 0.4) is 0 Å². The first kappa shape index (κ1) is 21.8. The van der Waals surface area contributed by atoms with E-state index >= 15 is 0 Å². The number of ether oxygens (including phenoxy) is 4. The van der Waals surface area contributed by atoms with Gasteiger partial charge in [-0.05, 0) is 55.3 Å². The van der Waals surface area contributed by atoms with E-state index in [1.165, 1.54) is 13.2 Å². The number of benzene rings is 2. The molecule has 0 aliphatic carbocycles. The van der Waals surface area contributed by atoms with E-state index in [0.29, 0.717) is 29.5 Å². The van der Waals surface area contributed by atoms with Gasteiger partial charge in [-0.1, -0.05) is 12.1 Å². The van der Waals surface area contributed by atoms with Gasteiger partial charge in [0.25, 0.3) is 5.91 Å². The van der Waals surface area contributed by atoms with Gasteiger partial charge in [0.05, 0.1) is 26.5 Å². The second kappa shape index (κ2) is 10.8. The summed E-state index contributed by atoms with van der Waals surface area (Å²) in [5, 5.41) is 2.67. The average Bonchev–Trinajstić information content (AvgIpc) is 2.71. The largest absolute Gasteiger partial charge is 0.495 e. The molecule has 7 heteroatoms. The molecule has 0 aliphatic rings. The number of methoxy groups -OCH3 is 2. The minimum absolute atomic E-state index is 0.410. The molecule has 2 aromatic carbocycles. The maximum Gasteiger partial charge on any atom is 0.331 e. The molecule has 0 atom stereocenters. The molecule has 29 heavy (non-hydrogen) atoms. The molecule has 0 aliphatic heterocycles. The van der Waals surface area contributed by atoms with Crippen LogP contribution in [0.2, 0.25) is 0 Å². The van der Waals surface area contributed by atoms with Crippen LogP contribution in [0.5, 0.6) is 17.2 Å². The number of esters is 1. The Morgan fingerprint density at radius 3 is 2.41 bits per heavy atom. The number of nitrogens with one attached hydrogen (secondary N) is 1. The molecule has 1 amide bonds. The summed E-state index contributed by atoms with van der Waals surface area (Å²) in [4.78, 5) is 24.0. The molecular formula is C22H25NO6. The number of amides is 1. The fraction of sp³-hybridized carbons (Fsp3) is 0.273. The van der Waals surface area contributed by atoms with Crippen LogP contribution in [0, 0.1) is 6.92 Å². The normalized spacial score (nSPS) is 10.5. The predicted molar refractivity (Wildman–Crippen MR) is 111 cm³/mol. The Balaban J connectivity index is 1.92. The molecule has 2 rings (SSSR count). The number of carbonyl (C=O) groups is 2. The van der Waals surface area contributed by atoms with Gasteiger partial charge < -0.3 is 24.3 Å². The maximum atomic E-state index is 12.1. The molecule has 1 N–H and O–H groups in total. The van der Waals surface area contributed by atoms with Gasteiger partial charge in [0.15, 0.2) is 18.1 Å². The predicted octanol–water partition coefficient (Wildman–Crippen LogP) is 3.61. The second-order valence-electron chi connectivity index (χ2n) is 6.04. The summed E-state index contributed by atoms with van der Waals surface area (Å²) in [6.07, 6.45) is 2.82. The topological polar surface area (TPSA) is 83.1 Å². The molecule has 0 radical (unpaired) electrons. The first-order valence-corrected chi connectivity index (χ1v) is 9.07. The van der Waals surface area contributed by atoms with Gasteiger partial charge in [0.1, 0.15) is 5.75 Å². The molecule has 0 bridgehead atoms. The first-order valence-electron chi connectivity index (χ1n) is 9.07. The van der Waals surface area contributed by atoms with Gasteiger partial charge >= 0.3 is 5.97 Å². The molecule has 0 aromatic heterocycles. The third-order valence-electron chi connectivity index (χ3n) is 3.87. The highest BCUT2D eigenvalue weighted by molar-refractivity contribution is 5.95. The highest BCUT2D eigenvalue weighted by Crippen LogP contribution is 2.28. The summed E-state index contributed by atoms with van der Waals surface area (Å²) in [5.74, 6) is 0.621. The van der Waals surface area contributed by atoms with Crippen molar-refractivity contribution in [2.24, 2.45) is 0 Å². The smallest absolute Gasteiger partial charge is 0.331 e. The van der Waals surface area contributed by atoms with Crippen molar-refractivity contribution in [1.82, 2.24) is 0 Å². The van der Waals surface area contributed by atoms with Crippen LogP contribution in [0.15, 0.2) is 42.5 Å². The molecule has 0 saturated carbocycles. The van der Waals surface area contributed by atoms with Crippen molar-refractivity contribution >= 4 is 23.6 Å². The summed E-state index contributed by atoms with van der Waals surface area (Å²) in [7, 11) is 3.07. The lowest BCUT2D eigenvalue weighted by molar-refractivity contribution is -0.142. The van der Waals surface area contributed by atoms with Crippen LogP contribution in [0.4, 0.5) is 5.69 Å². The Kier molecular flexibility index (Phi) is 8.09. The van der Waals surface area contributed by atoms with E-state index < -0.39 is 18.5 Å². The van der Waals surface area contributed by atoms with Gasteiger partial charge in [0, 0.05) is 6.08 Å². The molecule has 0 spiro atoms. The van der Waals surface area contributed by atoms with Crippen LogP contribution in [-0.4, -0.2) is 39.3 Å². The molecular weight excluding hydrogens is 374 g/mol. The van der Waals surface area contributed by atoms with Crippen molar-refractivity contribution in [3.05, 3.63) is 53.6 Å². The van der Waals surface area contributed by atoms with Gasteiger partial charge in [-0.3, -0.25) is 4.79 Å². The summed E-state index contributed by atoms with van der Waals surface area (Å²) >= 11 is 0. The fourth-order valence-corrected chi connectivity index (χ4v) is 2.52. The van der Waals surface area contributed by atoms with E-state index in [-0.39, 0.29) is 0 Å². The Morgan fingerprint density at radius 1 is 1.00 bits per heavy atom. The van der Waals surface area contributed by atoms with Crippen LogP contribution >= 0.6 is 0 Å². The number of hydrogen-bond donors (Lipinski definition) is 1. The van der Waals surface area contributed by atoms with Crippen LogP contribution in [0.25, 0.3) is 6.08 Å². The molecule has 0 heterocycles. The fourth-order valence-electron chi connectivity index (χ4n) is 2.52. The Bertz CT molecular complexity index is 891. The molecule has 7 nitrogen and oxygen atoms in total. The number of carbonyl (C=O) groups excluding carboxylic acids is 2. The highest BCUT2D eigenvalue weighted by Gasteiger charge is 2.10. The first-order chi connectivity index (χ1) is 14.0. The number of rotatable bonds is 9. The zero-order valence-electron chi connectivity index (χ0n) is 17.0. The van der Waals surface area contributed by atoms with Crippen molar-refractivity contribution in [2.75, 3.05) is 32.8 Å². The molecule has 2 aromatic rings. The minimum Gasteiger partial charge on any atom is -0.495 e. The van der Waals surface area contributed by atoms with E-state index in [1.807, 2.05) is 19.9 Å². The summed E-state index contributed by atoms with van der Waals surface area (Å²) < 4.78 is 20.9. The number of hydrogen-bond acceptors (Lipinski definition) is 6. The average molecular weight is 399 g/mol. The van der Waals surface area contributed by atoms with Gasteiger partial charge in [0.2, 0.25) is 0 Å². The van der Waals surface area contributed by atoms with E-state index in [1.54, 1.807) is 43.5 Å². The maximum absolute atomic E-state index is 12.1. The monoisotopic (exact) mass is 399 g/mol. The second-order valence-corrected chi connectivity index (χ2v) is 6.04. The Hall–Kier alpha value is -3.48. The molecule has 0 unspecified atom stereocenters. The zero-order chi connectivity index (χ0) is 21.2. The molecule has 0 fully saturated rings. The zero-order valence-corrected chi connectivity index (χ0v) is 17.0. The van der Waals surface area contributed by atoms with Gasteiger partial charge in [-0.25, -0.2) is 4.79 Å².